The Labute approximate surface area is 124 Å². The standard InChI is InChI=1S/C17H21NO3/c1-13-5-7-14(8-6-13)9-10-15(19)18-17(16(20)21)11-3-2-4-12-17/h5-10H,2-4,11-12H2,1H3,(H,18,19)(H,20,21). The van der Waals surface area contributed by atoms with Crippen LogP contribution >= 0.6 is 0 Å². The number of carbonyl (C=O) groups is 2. The van der Waals surface area contributed by atoms with Gasteiger partial charge in [-0.05, 0) is 31.4 Å². The number of nitrogens with one attached hydrogen (secondary N) is 1. The van der Waals surface area contributed by atoms with E-state index in [0.717, 1.165) is 30.4 Å². The lowest BCUT2D eigenvalue weighted by atomic mass is 9.81. The molecule has 0 saturated heterocycles. The van der Waals surface area contributed by atoms with Gasteiger partial charge in [0.25, 0.3) is 0 Å². The van der Waals surface area contributed by atoms with Crippen LogP contribution in [-0.4, -0.2) is 22.5 Å². The molecule has 1 aromatic carbocycles. The summed E-state index contributed by atoms with van der Waals surface area (Å²) in [5.74, 6) is -1.28. The zero-order valence-electron chi connectivity index (χ0n) is 12.3. The highest BCUT2D eigenvalue weighted by Gasteiger charge is 2.40. The zero-order chi connectivity index (χ0) is 15.3. The largest absolute Gasteiger partial charge is 0.480 e. The summed E-state index contributed by atoms with van der Waals surface area (Å²) >= 11 is 0. The van der Waals surface area contributed by atoms with E-state index in [0.29, 0.717) is 12.8 Å². The van der Waals surface area contributed by atoms with Crippen molar-refractivity contribution in [3.05, 3.63) is 41.5 Å². The molecule has 2 N–H and O–H groups in total. The highest BCUT2D eigenvalue weighted by Crippen LogP contribution is 2.28. The molecule has 4 nitrogen and oxygen atoms in total. The van der Waals surface area contributed by atoms with Crippen LogP contribution < -0.4 is 5.32 Å². The molecule has 0 unspecified atom stereocenters. The van der Waals surface area contributed by atoms with Crippen molar-refractivity contribution in [3.63, 3.8) is 0 Å². The van der Waals surface area contributed by atoms with Crippen molar-refractivity contribution < 1.29 is 14.7 Å². The Bertz CT molecular complexity index is 540. The second-order valence-electron chi connectivity index (χ2n) is 5.68. The molecule has 1 fully saturated rings. The van der Waals surface area contributed by atoms with Crippen LogP contribution in [0.15, 0.2) is 30.3 Å². The average Bonchev–Trinajstić information content (AvgIpc) is 2.47. The van der Waals surface area contributed by atoms with Crippen LogP contribution in [0.1, 0.15) is 43.2 Å². The second-order valence-corrected chi connectivity index (χ2v) is 5.68. The smallest absolute Gasteiger partial charge is 0.329 e. The van der Waals surface area contributed by atoms with E-state index in [4.69, 9.17) is 0 Å². The quantitative estimate of drug-likeness (QED) is 0.837. The number of hydrogen-bond acceptors (Lipinski definition) is 2. The number of hydrogen-bond donors (Lipinski definition) is 2. The van der Waals surface area contributed by atoms with Crippen LogP contribution in [0.4, 0.5) is 0 Å². The molecule has 0 aromatic heterocycles. The van der Waals surface area contributed by atoms with Gasteiger partial charge in [0.05, 0.1) is 0 Å². The maximum Gasteiger partial charge on any atom is 0.329 e. The zero-order valence-corrected chi connectivity index (χ0v) is 12.3. The van der Waals surface area contributed by atoms with E-state index in [2.05, 4.69) is 5.32 Å². The molecule has 0 heterocycles. The fraction of sp³-hybridized carbons (Fsp3) is 0.412. The van der Waals surface area contributed by atoms with Crippen LogP contribution in [0.3, 0.4) is 0 Å². The lowest BCUT2D eigenvalue weighted by molar-refractivity contribution is -0.148. The minimum Gasteiger partial charge on any atom is -0.480 e. The third-order valence-corrected chi connectivity index (χ3v) is 3.98. The van der Waals surface area contributed by atoms with E-state index in [1.165, 1.54) is 6.08 Å². The summed E-state index contributed by atoms with van der Waals surface area (Å²) in [5.41, 5.74) is 0.986. The van der Waals surface area contributed by atoms with Gasteiger partial charge in [-0.15, -0.1) is 0 Å². The van der Waals surface area contributed by atoms with E-state index >= 15 is 0 Å². The summed E-state index contributed by atoms with van der Waals surface area (Å²) in [6.07, 6.45) is 6.84. The summed E-state index contributed by atoms with van der Waals surface area (Å²) in [6.45, 7) is 2.00. The molecule has 0 bridgehead atoms. The van der Waals surface area contributed by atoms with E-state index in [1.54, 1.807) is 6.08 Å². The van der Waals surface area contributed by atoms with Gasteiger partial charge in [0.15, 0.2) is 0 Å². The van der Waals surface area contributed by atoms with Crippen molar-refractivity contribution in [2.24, 2.45) is 0 Å². The number of carbonyl (C=O) groups excluding carboxylic acids is 1. The molecule has 1 aliphatic rings. The van der Waals surface area contributed by atoms with E-state index in [1.807, 2.05) is 31.2 Å². The number of rotatable bonds is 4. The van der Waals surface area contributed by atoms with Crippen molar-refractivity contribution in [2.75, 3.05) is 0 Å². The topological polar surface area (TPSA) is 66.4 Å². The van der Waals surface area contributed by atoms with Gasteiger partial charge in [-0.2, -0.15) is 0 Å². The number of amides is 1. The van der Waals surface area contributed by atoms with E-state index < -0.39 is 11.5 Å². The molecule has 0 atom stereocenters. The van der Waals surface area contributed by atoms with Gasteiger partial charge >= 0.3 is 5.97 Å². The molecule has 21 heavy (non-hydrogen) atoms. The molecule has 1 amide bonds. The Kier molecular flexibility index (Phi) is 4.78. The van der Waals surface area contributed by atoms with E-state index in [-0.39, 0.29) is 5.91 Å². The van der Waals surface area contributed by atoms with E-state index in [9.17, 15) is 14.7 Å². The van der Waals surface area contributed by atoms with Gasteiger partial charge in [0.1, 0.15) is 5.54 Å². The summed E-state index contributed by atoms with van der Waals surface area (Å²) in [4.78, 5) is 23.5. The van der Waals surface area contributed by atoms with Gasteiger partial charge in [-0.3, -0.25) is 4.79 Å². The first kappa shape index (κ1) is 15.3. The SMILES string of the molecule is Cc1ccc(C=CC(=O)NC2(C(=O)O)CCCCC2)cc1. The third kappa shape index (κ3) is 3.94. The minimum absolute atomic E-state index is 0.347. The molecule has 1 saturated carbocycles. The fourth-order valence-electron chi connectivity index (χ4n) is 2.67. The normalized spacial score (nSPS) is 17.6. The third-order valence-electron chi connectivity index (χ3n) is 3.98. The summed E-state index contributed by atoms with van der Waals surface area (Å²) in [6, 6.07) is 7.79. The second kappa shape index (κ2) is 6.57. The van der Waals surface area contributed by atoms with Gasteiger partial charge in [-0.1, -0.05) is 49.1 Å². The Balaban J connectivity index is 2.02. The number of aliphatic carboxylic acids is 1. The molecule has 0 radical (unpaired) electrons. The molecule has 2 rings (SSSR count). The van der Waals surface area contributed by atoms with Crippen LogP contribution in [0.5, 0.6) is 0 Å². The van der Waals surface area contributed by atoms with Crippen LogP contribution in [0.2, 0.25) is 0 Å². The Morgan fingerprint density at radius 3 is 2.33 bits per heavy atom. The van der Waals surface area contributed by atoms with Crippen molar-refractivity contribution in [1.29, 1.82) is 0 Å². The van der Waals surface area contributed by atoms with Gasteiger partial charge in [-0.25, -0.2) is 4.79 Å². The molecule has 0 aliphatic heterocycles. The molecule has 0 spiro atoms. The molecular weight excluding hydrogens is 266 g/mol. The first-order valence-electron chi connectivity index (χ1n) is 7.32. The van der Waals surface area contributed by atoms with Gasteiger partial charge in [0.2, 0.25) is 5.91 Å². The molecular formula is C17H21NO3. The van der Waals surface area contributed by atoms with Crippen LogP contribution in [-0.2, 0) is 9.59 Å². The molecule has 1 aliphatic carbocycles. The molecule has 1 aromatic rings. The Hall–Kier alpha value is -2.10. The van der Waals surface area contributed by atoms with Crippen molar-refractivity contribution in [3.8, 4) is 0 Å². The average molecular weight is 287 g/mol. The monoisotopic (exact) mass is 287 g/mol. The summed E-state index contributed by atoms with van der Waals surface area (Å²) < 4.78 is 0. The minimum atomic E-state index is -1.09. The number of aryl methyl sites for hydroxylation is 1. The fourth-order valence-corrected chi connectivity index (χ4v) is 2.67. The lowest BCUT2D eigenvalue weighted by Gasteiger charge is -2.33. The first-order chi connectivity index (χ1) is 10.0. The summed E-state index contributed by atoms with van der Waals surface area (Å²) in [7, 11) is 0. The van der Waals surface area contributed by atoms with Gasteiger partial charge < -0.3 is 10.4 Å². The number of carboxylic acid groups (broad SMARTS) is 1. The van der Waals surface area contributed by atoms with Crippen molar-refractivity contribution in [2.45, 2.75) is 44.6 Å². The van der Waals surface area contributed by atoms with Crippen molar-refractivity contribution in [1.82, 2.24) is 5.32 Å². The van der Waals surface area contributed by atoms with Crippen LogP contribution in [0.25, 0.3) is 6.08 Å². The molecule has 4 heteroatoms. The maximum atomic E-state index is 12.0. The number of benzene rings is 1. The highest BCUT2D eigenvalue weighted by atomic mass is 16.4. The Morgan fingerprint density at radius 2 is 1.76 bits per heavy atom. The molecule has 112 valence electrons. The predicted octanol–water partition coefficient (Wildman–Crippen LogP) is 2.91. The first-order valence-corrected chi connectivity index (χ1v) is 7.32. The van der Waals surface area contributed by atoms with Gasteiger partial charge in [0, 0.05) is 6.08 Å². The number of carboxylic acids is 1. The predicted molar refractivity (Wildman–Crippen MR) is 81.8 cm³/mol. The highest BCUT2D eigenvalue weighted by molar-refractivity contribution is 5.95. The van der Waals surface area contributed by atoms with Crippen molar-refractivity contribution >= 4 is 18.0 Å². The summed E-state index contributed by atoms with van der Waals surface area (Å²) in [5, 5.41) is 12.1. The lowest BCUT2D eigenvalue weighted by Crippen LogP contribution is -2.55. The Morgan fingerprint density at radius 1 is 1.14 bits per heavy atom. The van der Waals surface area contributed by atoms with Crippen LogP contribution in [0, 0.1) is 6.92 Å². The maximum absolute atomic E-state index is 12.0.